The molecule has 1 aromatic heterocycles. The summed E-state index contributed by atoms with van der Waals surface area (Å²) >= 11 is 1.19. The molecule has 0 atom stereocenters. The van der Waals surface area contributed by atoms with Crippen molar-refractivity contribution in [2.24, 2.45) is 0 Å². The van der Waals surface area contributed by atoms with Gasteiger partial charge in [-0.2, -0.15) is 0 Å². The Hall–Kier alpha value is -3.13. The largest absolute Gasteiger partial charge is 0.298 e. The molecule has 0 radical (unpaired) electrons. The second-order valence-electron chi connectivity index (χ2n) is 5.26. The lowest BCUT2D eigenvalue weighted by Gasteiger charge is -2.03. The summed E-state index contributed by atoms with van der Waals surface area (Å²) in [6.07, 6.45) is 0. The zero-order valence-electron chi connectivity index (χ0n) is 13.0. The lowest BCUT2D eigenvalue weighted by atomic mass is 10.1. The molecule has 0 spiro atoms. The highest BCUT2D eigenvalue weighted by Crippen LogP contribution is 2.26. The first-order valence-corrected chi connectivity index (χ1v) is 8.10. The van der Waals surface area contributed by atoms with Gasteiger partial charge >= 0.3 is 0 Å². The number of aryl methyl sites for hydroxylation is 1. The number of benzene rings is 2. The monoisotopic (exact) mass is 357 g/mol. The Morgan fingerprint density at radius 3 is 2.80 bits per heavy atom. The van der Waals surface area contributed by atoms with Gasteiger partial charge in [-0.25, -0.2) is 9.37 Å². The van der Waals surface area contributed by atoms with E-state index in [1.807, 2.05) is 0 Å². The molecule has 2 aromatic carbocycles. The smallest absolute Gasteiger partial charge is 0.273 e. The number of hydrogen-bond acceptors (Lipinski definition) is 5. The number of hydrogen-bond donors (Lipinski definition) is 1. The maximum atomic E-state index is 13.3. The molecule has 3 aromatic rings. The number of halogens is 1. The van der Waals surface area contributed by atoms with Gasteiger partial charge in [0.1, 0.15) is 5.82 Å². The minimum Gasteiger partial charge on any atom is -0.298 e. The molecule has 0 fully saturated rings. The number of thiazole rings is 1. The lowest BCUT2D eigenvalue weighted by Crippen LogP contribution is -2.12. The summed E-state index contributed by atoms with van der Waals surface area (Å²) in [6.45, 7) is 1.60. The maximum Gasteiger partial charge on any atom is 0.273 e. The van der Waals surface area contributed by atoms with Crippen molar-refractivity contribution in [1.29, 1.82) is 0 Å². The van der Waals surface area contributed by atoms with Crippen LogP contribution in [0, 0.1) is 22.9 Å². The summed E-state index contributed by atoms with van der Waals surface area (Å²) < 4.78 is 13.3. The number of carbonyl (C=O) groups excluding carboxylic acids is 1. The van der Waals surface area contributed by atoms with Crippen molar-refractivity contribution in [3.63, 3.8) is 0 Å². The van der Waals surface area contributed by atoms with Crippen LogP contribution in [0.5, 0.6) is 0 Å². The summed E-state index contributed by atoms with van der Waals surface area (Å²) in [6, 6.07) is 10.2. The van der Waals surface area contributed by atoms with E-state index >= 15 is 0 Å². The van der Waals surface area contributed by atoms with Crippen molar-refractivity contribution in [2.75, 3.05) is 5.32 Å². The molecule has 0 saturated carbocycles. The number of nitrogens with zero attached hydrogens (tertiary/aromatic N) is 2. The van der Waals surface area contributed by atoms with Gasteiger partial charge in [0.25, 0.3) is 11.6 Å². The third-order valence-electron chi connectivity index (χ3n) is 3.51. The molecule has 3 rings (SSSR count). The molecule has 0 unspecified atom stereocenters. The van der Waals surface area contributed by atoms with Gasteiger partial charge in [0.2, 0.25) is 0 Å². The van der Waals surface area contributed by atoms with Crippen molar-refractivity contribution < 1.29 is 14.1 Å². The second-order valence-corrected chi connectivity index (χ2v) is 6.12. The molecule has 126 valence electrons. The minimum absolute atomic E-state index is 0.118. The SMILES string of the molecule is Cc1ccc(C(=O)Nc2nc(-c3cccc(F)c3)cs2)cc1[N+](=O)[O-]. The van der Waals surface area contributed by atoms with E-state index in [9.17, 15) is 19.3 Å². The molecular formula is C17H12FN3O3S. The molecule has 0 bridgehead atoms. The summed E-state index contributed by atoms with van der Waals surface area (Å²) in [7, 11) is 0. The van der Waals surface area contributed by atoms with E-state index in [1.54, 1.807) is 24.4 Å². The molecule has 1 amide bonds. The Labute approximate surface area is 146 Å². The van der Waals surface area contributed by atoms with E-state index in [0.29, 0.717) is 22.0 Å². The number of nitrogens with one attached hydrogen (secondary N) is 1. The van der Waals surface area contributed by atoms with Gasteiger partial charge in [0, 0.05) is 28.1 Å². The normalized spacial score (nSPS) is 10.5. The third kappa shape index (κ3) is 3.69. The van der Waals surface area contributed by atoms with Crippen LogP contribution < -0.4 is 5.32 Å². The molecule has 8 heteroatoms. The number of nitro benzene ring substituents is 1. The van der Waals surface area contributed by atoms with E-state index in [-0.39, 0.29) is 17.1 Å². The van der Waals surface area contributed by atoms with E-state index in [4.69, 9.17) is 0 Å². The Kier molecular flexibility index (Phi) is 4.53. The Bertz CT molecular complexity index is 971. The van der Waals surface area contributed by atoms with Gasteiger partial charge < -0.3 is 0 Å². The van der Waals surface area contributed by atoms with E-state index in [1.165, 1.54) is 41.7 Å². The fraction of sp³-hybridized carbons (Fsp3) is 0.0588. The first kappa shape index (κ1) is 16.7. The van der Waals surface area contributed by atoms with Crippen LogP contribution >= 0.6 is 11.3 Å². The molecule has 0 aliphatic rings. The average molecular weight is 357 g/mol. The summed E-state index contributed by atoms with van der Waals surface area (Å²) in [5, 5.41) is 15.6. The van der Waals surface area contributed by atoms with Crippen LogP contribution in [0.25, 0.3) is 11.3 Å². The van der Waals surface area contributed by atoms with Crippen LogP contribution in [0.1, 0.15) is 15.9 Å². The number of carbonyl (C=O) groups is 1. The van der Waals surface area contributed by atoms with Gasteiger partial charge in [0.15, 0.2) is 5.13 Å². The number of anilines is 1. The van der Waals surface area contributed by atoms with Gasteiger partial charge in [0.05, 0.1) is 10.6 Å². The molecule has 1 heterocycles. The standard InChI is InChI=1S/C17H12FN3O3S/c1-10-5-6-12(8-15(10)21(23)24)16(22)20-17-19-14(9-25-17)11-3-2-4-13(18)7-11/h2-9H,1H3,(H,19,20,22). The quantitative estimate of drug-likeness (QED) is 0.553. The molecule has 25 heavy (non-hydrogen) atoms. The number of rotatable bonds is 4. The van der Waals surface area contributed by atoms with E-state index < -0.39 is 10.8 Å². The van der Waals surface area contributed by atoms with Crippen molar-refractivity contribution >= 4 is 28.1 Å². The van der Waals surface area contributed by atoms with Crippen molar-refractivity contribution in [1.82, 2.24) is 4.98 Å². The third-order valence-corrected chi connectivity index (χ3v) is 4.27. The molecule has 0 saturated heterocycles. The molecule has 0 aliphatic carbocycles. The second kappa shape index (κ2) is 6.78. The molecular weight excluding hydrogens is 345 g/mol. The van der Waals surface area contributed by atoms with Crippen molar-refractivity contribution in [3.05, 3.63) is 74.9 Å². The highest BCUT2D eigenvalue weighted by Gasteiger charge is 2.16. The first-order valence-electron chi connectivity index (χ1n) is 7.22. The number of amides is 1. The summed E-state index contributed by atoms with van der Waals surface area (Å²) in [5.74, 6) is -0.869. The van der Waals surface area contributed by atoms with Crippen molar-refractivity contribution in [3.8, 4) is 11.3 Å². The zero-order valence-corrected chi connectivity index (χ0v) is 13.8. The van der Waals surface area contributed by atoms with Crippen LogP contribution in [0.4, 0.5) is 15.2 Å². The van der Waals surface area contributed by atoms with Crippen LogP contribution in [-0.2, 0) is 0 Å². The van der Waals surface area contributed by atoms with Crippen LogP contribution in [-0.4, -0.2) is 15.8 Å². The first-order chi connectivity index (χ1) is 11.9. The maximum absolute atomic E-state index is 13.3. The van der Waals surface area contributed by atoms with E-state index in [2.05, 4.69) is 10.3 Å². The van der Waals surface area contributed by atoms with Crippen LogP contribution in [0.2, 0.25) is 0 Å². The van der Waals surface area contributed by atoms with Gasteiger partial charge in [-0.3, -0.25) is 20.2 Å². The van der Waals surface area contributed by atoms with Gasteiger partial charge in [-0.05, 0) is 25.1 Å². The summed E-state index contributed by atoms with van der Waals surface area (Å²) in [5.41, 5.74) is 1.66. The summed E-state index contributed by atoms with van der Waals surface area (Å²) in [4.78, 5) is 27.0. The van der Waals surface area contributed by atoms with Gasteiger partial charge in [-0.1, -0.05) is 18.2 Å². The Balaban J connectivity index is 1.80. The fourth-order valence-electron chi connectivity index (χ4n) is 2.23. The van der Waals surface area contributed by atoms with Crippen LogP contribution in [0.3, 0.4) is 0 Å². The highest BCUT2D eigenvalue weighted by atomic mass is 32.1. The Morgan fingerprint density at radius 1 is 1.28 bits per heavy atom. The van der Waals surface area contributed by atoms with Crippen LogP contribution in [0.15, 0.2) is 47.8 Å². The minimum atomic E-state index is -0.530. The van der Waals surface area contributed by atoms with E-state index in [0.717, 1.165) is 0 Å². The lowest BCUT2D eigenvalue weighted by molar-refractivity contribution is -0.385. The highest BCUT2D eigenvalue weighted by molar-refractivity contribution is 7.14. The molecule has 6 nitrogen and oxygen atoms in total. The predicted molar refractivity (Wildman–Crippen MR) is 93.3 cm³/mol. The number of nitro groups is 1. The average Bonchev–Trinajstić information content (AvgIpc) is 3.03. The molecule has 1 N–H and O–H groups in total. The fourth-order valence-corrected chi connectivity index (χ4v) is 2.94. The molecule has 0 aliphatic heterocycles. The zero-order chi connectivity index (χ0) is 18.0. The topological polar surface area (TPSA) is 85.1 Å². The Morgan fingerprint density at radius 2 is 2.08 bits per heavy atom. The van der Waals surface area contributed by atoms with Crippen molar-refractivity contribution in [2.45, 2.75) is 6.92 Å². The number of aromatic nitrogens is 1. The predicted octanol–water partition coefficient (Wildman–Crippen LogP) is 4.42. The van der Waals surface area contributed by atoms with Gasteiger partial charge in [-0.15, -0.1) is 11.3 Å².